The van der Waals surface area contributed by atoms with Gasteiger partial charge in [-0.25, -0.2) is 9.67 Å². The van der Waals surface area contributed by atoms with Crippen LogP contribution in [0.25, 0.3) is 0 Å². The number of aryl methyl sites for hydroxylation is 4. The molecule has 0 saturated heterocycles. The van der Waals surface area contributed by atoms with Crippen LogP contribution in [0.3, 0.4) is 0 Å². The molecular weight excluding hydrogens is 392 g/mol. The second-order valence-corrected chi connectivity index (χ2v) is 8.29. The first-order valence-electron chi connectivity index (χ1n) is 9.41. The minimum absolute atomic E-state index is 0.164. The number of halogens is 1. The van der Waals surface area contributed by atoms with Gasteiger partial charge in [0.2, 0.25) is 0 Å². The van der Waals surface area contributed by atoms with Crippen LogP contribution in [0.2, 0.25) is 5.15 Å². The summed E-state index contributed by atoms with van der Waals surface area (Å²) in [5.41, 5.74) is 4.48. The molecule has 1 N–H and O–H groups in total. The summed E-state index contributed by atoms with van der Waals surface area (Å²) in [5.74, 6) is -0.164. The first-order valence-corrected chi connectivity index (χ1v) is 10.7. The van der Waals surface area contributed by atoms with E-state index >= 15 is 0 Å². The Bertz CT molecular complexity index is 946. The summed E-state index contributed by atoms with van der Waals surface area (Å²) in [6.45, 7) is 7.03. The van der Waals surface area contributed by atoms with Crippen LogP contribution in [0.1, 0.15) is 50.7 Å². The number of unbranched alkanes of at least 4 members (excludes halogenated alkanes) is 1. The number of rotatable bonds is 8. The monoisotopic (exact) mass is 416 g/mol. The van der Waals surface area contributed by atoms with Crippen LogP contribution < -0.4 is 5.32 Å². The van der Waals surface area contributed by atoms with Gasteiger partial charge in [0.15, 0.2) is 0 Å². The summed E-state index contributed by atoms with van der Waals surface area (Å²) in [6.07, 6.45) is 2.84. The van der Waals surface area contributed by atoms with Crippen molar-refractivity contribution in [3.63, 3.8) is 0 Å². The van der Waals surface area contributed by atoms with Gasteiger partial charge in [0.25, 0.3) is 5.91 Å². The number of amides is 1. The Labute approximate surface area is 174 Å². The quantitative estimate of drug-likeness (QED) is 0.540. The fourth-order valence-corrected chi connectivity index (χ4v) is 4.13. The van der Waals surface area contributed by atoms with E-state index in [4.69, 9.17) is 11.6 Å². The van der Waals surface area contributed by atoms with E-state index in [-0.39, 0.29) is 5.91 Å². The van der Waals surface area contributed by atoms with E-state index in [0.29, 0.717) is 29.5 Å². The van der Waals surface area contributed by atoms with Gasteiger partial charge in [-0.15, -0.1) is 11.3 Å². The molecule has 1 aromatic carbocycles. The fourth-order valence-electron chi connectivity index (χ4n) is 2.99. The maximum absolute atomic E-state index is 12.6. The van der Waals surface area contributed by atoms with Gasteiger partial charge in [-0.2, -0.15) is 5.10 Å². The smallest absolute Gasteiger partial charge is 0.256 e. The average Bonchev–Trinajstić information content (AvgIpc) is 3.19. The van der Waals surface area contributed by atoms with Crippen molar-refractivity contribution in [2.75, 3.05) is 6.54 Å². The number of hydrogen-bond donors (Lipinski definition) is 1. The maximum atomic E-state index is 12.6. The molecule has 2 heterocycles. The summed E-state index contributed by atoms with van der Waals surface area (Å²) in [6, 6.07) is 8.21. The summed E-state index contributed by atoms with van der Waals surface area (Å²) < 4.78 is 1.68. The lowest BCUT2D eigenvalue weighted by molar-refractivity contribution is 0.0952. The van der Waals surface area contributed by atoms with E-state index in [9.17, 15) is 4.79 Å². The van der Waals surface area contributed by atoms with Gasteiger partial charge in [-0.05, 0) is 45.6 Å². The zero-order chi connectivity index (χ0) is 20.1. The number of nitrogens with zero attached hydrogens (tertiary/aromatic N) is 3. The van der Waals surface area contributed by atoms with Gasteiger partial charge in [-0.1, -0.05) is 41.4 Å². The normalized spacial score (nSPS) is 11.0. The highest BCUT2D eigenvalue weighted by Crippen LogP contribution is 2.21. The molecule has 1 amide bonds. The number of carbonyl (C=O) groups is 1. The van der Waals surface area contributed by atoms with E-state index < -0.39 is 0 Å². The first-order chi connectivity index (χ1) is 13.4. The molecule has 5 nitrogen and oxygen atoms in total. The fraction of sp³-hybridized carbons (Fsp3) is 0.381. The van der Waals surface area contributed by atoms with Crippen molar-refractivity contribution in [3.05, 3.63) is 67.9 Å². The van der Waals surface area contributed by atoms with Crippen LogP contribution in [0, 0.1) is 20.8 Å². The van der Waals surface area contributed by atoms with Crippen LogP contribution in [-0.2, 0) is 13.0 Å². The topological polar surface area (TPSA) is 59.8 Å². The second kappa shape index (κ2) is 9.34. The zero-order valence-electron chi connectivity index (χ0n) is 16.5. The highest BCUT2D eigenvalue weighted by atomic mass is 35.5. The summed E-state index contributed by atoms with van der Waals surface area (Å²) >= 11 is 8.15. The third-order valence-corrected chi connectivity index (χ3v) is 5.93. The van der Waals surface area contributed by atoms with Crippen LogP contribution in [0.15, 0.2) is 29.6 Å². The minimum Gasteiger partial charge on any atom is -0.352 e. The molecule has 0 fully saturated rings. The van der Waals surface area contributed by atoms with Crippen molar-refractivity contribution in [3.8, 4) is 0 Å². The molecule has 0 bridgehead atoms. The van der Waals surface area contributed by atoms with Crippen LogP contribution in [0.4, 0.5) is 0 Å². The van der Waals surface area contributed by atoms with Crippen molar-refractivity contribution in [2.45, 2.75) is 46.6 Å². The lowest BCUT2D eigenvalue weighted by Gasteiger charge is -2.06. The molecule has 7 heteroatoms. The van der Waals surface area contributed by atoms with Gasteiger partial charge in [-0.3, -0.25) is 4.79 Å². The number of thiazole rings is 1. The molecule has 148 valence electrons. The van der Waals surface area contributed by atoms with E-state index in [0.717, 1.165) is 35.5 Å². The Kier molecular flexibility index (Phi) is 6.86. The van der Waals surface area contributed by atoms with Gasteiger partial charge in [0, 0.05) is 17.6 Å². The largest absolute Gasteiger partial charge is 0.352 e. The first kappa shape index (κ1) is 20.6. The van der Waals surface area contributed by atoms with E-state index in [1.165, 1.54) is 5.56 Å². The summed E-state index contributed by atoms with van der Waals surface area (Å²) in [5, 5.41) is 11.0. The highest BCUT2D eigenvalue weighted by Gasteiger charge is 2.20. The lowest BCUT2D eigenvalue weighted by atomic mass is 10.1. The lowest BCUT2D eigenvalue weighted by Crippen LogP contribution is -2.25. The van der Waals surface area contributed by atoms with Crippen LogP contribution in [0.5, 0.6) is 0 Å². The second-order valence-electron chi connectivity index (χ2n) is 6.99. The highest BCUT2D eigenvalue weighted by molar-refractivity contribution is 7.09. The third-order valence-electron chi connectivity index (χ3n) is 4.51. The molecular formula is C21H25ClN4OS. The van der Waals surface area contributed by atoms with Crippen molar-refractivity contribution in [2.24, 2.45) is 0 Å². The molecule has 0 aliphatic carbocycles. The predicted molar refractivity (Wildman–Crippen MR) is 114 cm³/mol. The molecule has 0 spiro atoms. The molecule has 0 saturated carbocycles. The molecule has 0 atom stereocenters. The molecule has 0 unspecified atom stereocenters. The van der Waals surface area contributed by atoms with Crippen LogP contribution >= 0.6 is 22.9 Å². The number of nitrogens with one attached hydrogen (secondary N) is 1. The van der Waals surface area contributed by atoms with Crippen molar-refractivity contribution in [1.82, 2.24) is 20.1 Å². The predicted octanol–water partition coefficient (Wildman–Crippen LogP) is 4.72. The Morgan fingerprint density at radius 3 is 2.61 bits per heavy atom. The van der Waals surface area contributed by atoms with Gasteiger partial charge in [0.05, 0.1) is 22.8 Å². The summed E-state index contributed by atoms with van der Waals surface area (Å²) in [7, 11) is 0. The van der Waals surface area contributed by atoms with Crippen molar-refractivity contribution >= 4 is 28.8 Å². The number of aromatic nitrogens is 3. The van der Waals surface area contributed by atoms with E-state index in [1.807, 2.05) is 26.0 Å². The standard InChI is InChI=1S/C21H25ClN4OS/c1-14-7-9-17(10-8-14)12-26-20(22)19(16(3)25-26)21(27)23-11-5-4-6-18-24-15(2)13-28-18/h7-10,13H,4-6,11-12H2,1-3H3,(H,23,27). The molecule has 0 aliphatic heterocycles. The van der Waals surface area contributed by atoms with Gasteiger partial charge >= 0.3 is 0 Å². The van der Waals surface area contributed by atoms with Crippen molar-refractivity contribution < 1.29 is 4.79 Å². The third kappa shape index (κ3) is 5.20. The van der Waals surface area contributed by atoms with Crippen molar-refractivity contribution in [1.29, 1.82) is 0 Å². The molecule has 28 heavy (non-hydrogen) atoms. The molecule has 0 radical (unpaired) electrons. The molecule has 3 aromatic rings. The Morgan fingerprint density at radius 2 is 1.93 bits per heavy atom. The minimum atomic E-state index is -0.164. The Balaban J connectivity index is 1.53. The van der Waals surface area contributed by atoms with E-state index in [1.54, 1.807) is 16.0 Å². The Morgan fingerprint density at radius 1 is 1.18 bits per heavy atom. The number of benzene rings is 1. The average molecular weight is 417 g/mol. The molecule has 2 aromatic heterocycles. The molecule has 0 aliphatic rings. The van der Waals surface area contributed by atoms with E-state index in [2.05, 4.69) is 39.8 Å². The number of carbonyl (C=O) groups excluding carboxylic acids is 1. The number of hydrogen-bond acceptors (Lipinski definition) is 4. The Hall–Kier alpha value is -2.18. The SMILES string of the molecule is Cc1ccc(Cn2nc(C)c(C(=O)NCCCCc3nc(C)cs3)c2Cl)cc1. The van der Waals surface area contributed by atoms with Gasteiger partial charge < -0.3 is 5.32 Å². The summed E-state index contributed by atoms with van der Waals surface area (Å²) in [4.78, 5) is 17.0. The zero-order valence-corrected chi connectivity index (χ0v) is 18.0. The van der Waals surface area contributed by atoms with Crippen LogP contribution in [-0.4, -0.2) is 27.2 Å². The molecule has 3 rings (SSSR count). The maximum Gasteiger partial charge on any atom is 0.256 e. The van der Waals surface area contributed by atoms with Gasteiger partial charge in [0.1, 0.15) is 5.15 Å².